The molecule has 0 fully saturated rings. The number of aromatic nitrogens is 2. The third-order valence-electron chi connectivity index (χ3n) is 2.52. The van der Waals surface area contributed by atoms with E-state index in [2.05, 4.69) is 15.5 Å². The van der Waals surface area contributed by atoms with E-state index in [1.165, 1.54) is 0 Å². The molecule has 2 heterocycles. The number of halogens is 1. The Bertz CT molecular complexity index is 666. The van der Waals surface area contributed by atoms with Crippen LogP contribution in [0.2, 0.25) is 5.02 Å². The fourth-order valence-corrected chi connectivity index (χ4v) is 2.44. The van der Waals surface area contributed by atoms with Crippen LogP contribution in [0.25, 0.3) is 11.4 Å². The van der Waals surface area contributed by atoms with Crippen molar-refractivity contribution in [1.29, 1.82) is 0 Å². The number of nitrogens with one attached hydrogen (secondary N) is 1. The van der Waals surface area contributed by atoms with E-state index in [0.717, 1.165) is 11.3 Å². The Hall–Kier alpha value is -1.85. The SMILES string of the molecule is Clc1cccc(NCc2nc(-c3ccsc3)no2)c1. The molecule has 0 spiro atoms. The molecule has 3 rings (SSSR count). The molecule has 0 radical (unpaired) electrons. The second-order valence-electron chi connectivity index (χ2n) is 3.89. The van der Waals surface area contributed by atoms with Crippen molar-refractivity contribution in [3.8, 4) is 11.4 Å². The van der Waals surface area contributed by atoms with Crippen LogP contribution in [0.1, 0.15) is 5.89 Å². The molecule has 0 amide bonds. The Labute approximate surface area is 119 Å². The van der Waals surface area contributed by atoms with Crippen molar-refractivity contribution in [3.63, 3.8) is 0 Å². The molecule has 96 valence electrons. The summed E-state index contributed by atoms with van der Waals surface area (Å²) in [5.41, 5.74) is 1.89. The van der Waals surface area contributed by atoms with E-state index in [4.69, 9.17) is 16.1 Å². The minimum atomic E-state index is 0.470. The van der Waals surface area contributed by atoms with Crippen molar-refractivity contribution in [1.82, 2.24) is 10.1 Å². The standard InChI is InChI=1S/C13H10ClN3OS/c14-10-2-1-3-11(6-10)15-7-12-16-13(17-18-12)9-4-5-19-8-9/h1-6,8,15H,7H2. The van der Waals surface area contributed by atoms with Gasteiger partial charge in [0.2, 0.25) is 11.7 Å². The largest absolute Gasteiger partial charge is 0.376 e. The van der Waals surface area contributed by atoms with Crippen LogP contribution in [-0.4, -0.2) is 10.1 Å². The van der Waals surface area contributed by atoms with Crippen LogP contribution in [0.15, 0.2) is 45.6 Å². The first-order valence-electron chi connectivity index (χ1n) is 5.66. The average molecular weight is 292 g/mol. The first kappa shape index (κ1) is 12.2. The van der Waals surface area contributed by atoms with Gasteiger partial charge in [0.1, 0.15) is 0 Å². The molecule has 0 saturated carbocycles. The Balaban J connectivity index is 1.68. The van der Waals surface area contributed by atoms with Gasteiger partial charge in [-0.2, -0.15) is 16.3 Å². The summed E-state index contributed by atoms with van der Waals surface area (Å²) in [6, 6.07) is 9.45. The van der Waals surface area contributed by atoms with E-state index in [9.17, 15) is 0 Å². The van der Waals surface area contributed by atoms with Crippen molar-refractivity contribution < 1.29 is 4.52 Å². The highest BCUT2D eigenvalue weighted by Gasteiger charge is 2.08. The number of anilines is 1. The van der Waals surface area contributed by atoms with Gasteiger partial charge < -0.3 is 9.84 Å². The quantitative estimate of drug-likeness (QED) is 0.787. The minimum absolute atomic E-state index is 0.470. The molecule has 0 unspecified atom stereocenters. The molecular formula is C13H10ClN3OS. The van der Waals surface area contributed by atoms with Crippen LogP contribution in [-0.2, 0) is 6.54 Å². The van der Waals surface area contributed by atoms with Crippen molar-refractivity contribution in [2.45, 2.75) is 6.54 Å². The molecule has 19 heavy (non-hydrogen) atoms. The maximum Gasteiger partial charge on any atom is 0.246 e. The number of thiophene rings is 1. The second kappa shape index (κ2) is 5.42. The van der Waals surface area contributed by atoms with Crippen LogP contribution >= 0.6 is 22.9 Å². The summed E-state index contributed by atoms with van der Waals surface area (Å²) in [6.45, 7) is 0.470. The van der Waals surface area contributed by atoms with E-state index >= 15 is 0 Å². The topological polar surface area (TPSA) is 51.0 Å². The molecule has 0 aliphatic rings. The van der Waals surface area contributed by atoms with Gasteiger partial charge in [-0.15, -0.1) is 0 Å². The molecule has 1 aromatic carbocycles. The number of hydrogen-bond donors (Lipinski definition) is 1. The zero-order valence-electron chi connectivity index (χ0n) is 9.84. The predicted octanol–water partition coefficient (Wildman–Crippen LogP) is 4.06. The summed E-state index contributed by atoms with van der Waals surface area (Å²) in [7, 11) is 0. The number of hydrogen-bond acceptors (Lipinski definition) is 5. The maximum atomic E-state index is 5.91. The molecule has 0 saturated heterocycles. The zero-order chi connectivity index (χ0) is 13.1. The van der Waals surface area contributed by atoms with Crippen LogP contribution in [0.4, 0.5) is 5.69 Å². The van der Waals surface area contributed by atoms with Gasteiger partial charge in [-0.05, 0) is 29.6 Å². The van der Waals surface area contributed by atoms with Gasteiger partial charge in [-0.1, -0.05) is 22.8 Å². The first-order chi connectivity index (χ1) is 9.31. The van der Waals surface area contributed by atoms with Gasteiger partial charge >= 0.3 is 0 Å². The number of benzene rings is 1. The highest BCUT2D eigenvalue weighted by atomic mass is 35.5. The van der Waals surface area contributed by atoms with Gasteiger partial charge in [0.15, 0.2) is 0 Å². The lowest BCUT2D eigenvalue weighted by Crippen LogP contribution is -1.99. The molecular weight excluding hydrogens is 282 g/mol. The first-order valence-corrected chi connectivity index (χ1v) is 6.98. The number of nitrogens with zero attached hydrogens (tertiary/aromatic N) is 2. The maximum absolute atomic E-state index is 5.91. The molecule has 0 aliphatic carbocycles. The fraction of sp³-hybridized carbons (Fsp3) is 0.0769. The van der Waals surface area contributed by atoms with E-state index in [1.807, 2.05) is 41.1 Å². The smallest absolute Gasteiger partial charge is 0.246 e. The highest BCUT2D eigenvalue weighted by Crippen LogP contribution is 2.19. The lowest BCUT2D eigenvalue weighted by molar-refractivity contribution is 0.384. The summed E-state index contributed by atoms with van der Waals surface area (Å²) in [5.74, 6) is 1.16. The van der Waals surface area contributed by atoms with E-state index < -0.39 is 0 Å². The van der Waals surface area contributed by atoms with Crippen LogP contribution in [0.5, 0.6) is 0 Å². The fourth-order valence-electron chi connectivity index (χ4n) is 1.61. The second-order valence-corrected chi connectivity index (χ2v) is 5.10. The van der Waals surface area contributed by atoms with E-state index in [1.54, 1.807) is 11.3 Å². The van der Waals surface area contributed by atoms with Crippen molar-refractivity contribution in [2.75, 3.05) is 5.32 Å². The van der Waals surface area contributed by atoms with Gasteiger partial charge in [0.25, 0.3) is 0 Å². The van der Waals surface area contributed by atoms with Crippen LogP contribution in [0.3, 0.4) is 0 Å². The van der Waals surface area contributed by atoms with Gasteiger partial charge in [-0.25, -0.2) is 0 Å². The van der Waals surface area contributed by atoms with Crippen LogP contribution in [0, 0.1) is 0 Å². The summed E-state index contributed by atoms with van der Waals surface area (Å²) in [6.07, 6.45) is 0. The van der Waals surface area contributed by atoms with Crippen LogP contribution < -0.4 is 5.32 Å². The average Bonchev–Trinajstić information content (AvgIpc) is 3.07. The highest BCUT2D eigenvalue weighted by molar-refractivity contribution is 7.08. The molecule has 6 heteroatoms. The Morgan fingerprint density at radius 1 is 1.32 bits per heavy atom. The van der Waals surface area contributed by atoms with Crippen molar-refractivity contribution in [2.24, 2.45) is 0 Å². The molecule has 2 aromatic heterocycles. The Morgan fingerprint density at radius 2 is 2.26 bits per heavy atom. The monoisotopic (exact) mass is 291 g/mol. The third kappa shape index (κ3) is 2.94. The molecule has 0 aliphatic heterocycles. The zero-order valence-corrected chi connectivity index (χ0v) is 11.4. The summed E-state index contributed by atoms with van der Waals surface area (Å²) in [5, 5.41) is 11.8. The van der Waals surface area contributed by atoms with Crippen molar-refractivity contribution in [3.05, 3.63) is 52.0 Å². The Morgan fingerprint density at radius 3 is 3.05 bits per heavy atom. The third-order valence-corrected chi connectivity index (χ3v) is 3.43. The van der Waals surface area contributed by atoms with Gasteiger partial charge in [0.05, 0.1) is 6.54 Å². The number of rotatable bonds is 4. The lowest BCUT2D eigenvalue weighted by atomic mass is 10.3. The molecule has 4 nitrogen and oxygen atoms in total. The lowest BCUT2D eigenvalue weighted by Gasteiger charge is -2.02. The molecule has 0 atom stereocenters. The summed E-state index contributed by atoms with van der Waals surface area (Å²) >= 11 is 7.51. The normalized spacial score (nSPS) is 10.6. The molecule has 3 aromatic rings. The molecule has 0 bridgehead atoms. The van der Waals surface area contributed by atoms with Crippen molar-refractivity contribution >= 4 is 28.6 Å². The van der Waals surface area contributed by atoms with E-state index in [-0.39, 0.29) is 0 Å². The summed E-state index contributed by atoms with van der Waals surface area (Å²) in [4.78, 5) is 4.32. The van der Waals surface area contributed by atoms with E-state index in [0.29, 0.717) is 23.3 Å². The van der Waals surface area contributed by atoms with Gasteiger partial charge in [0, 0.05) is 21.7 Å². The predicted molar refractivity (Wildman–Crippen MR) is 76.4 cm³/mol. The minimum Gasteiger partial charge on any atom is -0.376 e. The van der Waals surface area contributed by atoms with Gasteiger partial charge in [-0.3, -0.25) is 0 Å². The summed E-state index contributed by atoms with van der Waals surface area (Å²) < 4.78 is 5.19. The molecule has 1 N–H and O–H groups in total. The Kier molecular flexibility index (Phi) is 3.48.